The van der Waals surface area contributed by atoms with E-state index in [2.05, 4.69) is 11.1 Å². The minimum absolute atomic E-state index is 0.0539. The Hall–Kier alpha value is -3.04. The number of nitrogens with one attached hydrogen (secondary N) is 1. The highest BCUT2D eigenvalue weighted by Gasteiger charge is 2.32. The van der Waals surface area contributed by atoms with Crippen molar-refractivity contribution in [3.05, 3.63) is 53.2 Å². The van der Waals surface area contributed by atoms with E-state index >= 15 is 0 Å². The molecule has 0 bridgehead atoms. The smallest absolute Gasteiger partial charge is 0.256 e. The number of para-hydroxylation sites is 1. The van der Waals surface area contributed by atoms with Gasteiger partial charge in [0, 0.05) is 49.7 Å². The summed E-state index contributed by atoms with van der Waals surface area (Å²) in [6.45, 7) is 2.24. The zero-order valence-electron chi connectivity index (χ0n) is 19.6. The first-order valence-electron chi connectivity index (χ1n) is 12.3. The van der Waals surface area contributed by atoms with Crippen molar-refractivity contribution < 1.29 is 22.7 Å². The van der Waals surface area contributed by atoms with E-state index in [9.17, 15) is 13.2 Å². The van der Waals surface area contributed by atoms with Crippen LogP contribution in [0.1, 0.15) is 40.9 Å². The highest BCUT2D eigenvalue weighted by atomic mass is 32.2. The van der Waals surface area contributed by atoms with Crippen molar-refractivity contribution in [2.24, 2.45) is 0 Å². The Morgan fingerprint density at radius 3 is 2.49 bits per heavy atom. The van der Waals surface area contributed by atoms with Gasteiger partial charge in [-0.1, -0.05) is 12.1 Å². The number of carbonyl (C=O) groups excluding carboxylic acids is 1. The van der Waals surface area contributed by atoms with Crippen molar-refractivity contribution in [3.8, 4) is 11.5 Å². The molecule has 0 unspecified atom stereocenters. The molecule has 1 aliphatic carbocycles. The fraction of sp³-hybridized carbons (Fsp3) is 0.423. The fourth-order valence-electron chi connectivity index (χ4n) is 5.36. The molecule has 1 N–H and O–H groups in total. The lowest BCUT2D eigenvalue weighted by Crippen LogP contribution is -2.50. The second-order valence-electron chi connectivity index (χ2n) is 9.37. The van der Waals surface area contributed by atoms with Crippen LogP contribution in [-0.2, 0) is 22.9 Å². The third-order valence-electron chi connectivity index (χ3n) is 7.25. The third-order valence-corrected chi connectivity index (χ3v) is 9.14. The largest absolute Gasteiger partial charge is 0.490 e. The maximum atomic E-state index is 13.5. The van der Waals surface area contributed by atoms with Crippen LogP contribution < -0.4 is 9.47 Å². The van der Waals surface area contributed by atoms with Crippen LogP contribution in [0.25, 0.3) is 10.9 Å². The maximum Gasteiger partial charge on any atom is 0.256 e. The second kappa shape index (κ2) is 8.87. The minimum atomic E-state index is -3.70. The van der Waals surface area contributed by atoms with Crippen molar-refractivity contribution in [3.63, 3.8) is 0 Å². The predicted octanol–water partition coefficient (Wildman–Crippen LogP) is 3.35. The molecule has 0 radical (unpaired) electrons. The van der Waals surface area contributed by atoms with Crippen LogP contribution in [0, 0.1) is 0 Å². The molecule has 2 aromatic carbocycles. The van der Waals surface area contributed by atoms with E-state index in [1.807, 2.05) is 12.1 Å². The molecule has 35 heavy (non-hydrogen) atoms. The average Bonchev–Trinajstić information content (AvgIpc) is 3.11. The molecule has 2 aliphatic heterocycles. The molecule has 0 atom stereocenters. The summed E-state index contributed by atoms with van der Waals surface area (Å²) in [5.74, 6) is 0.970. The van der Waals surface area contributed by atoms with Crippen molar-refractivity contribution in [1.29, 1.82) is 0 Å². The van der Waals surface area contributed by atoms with Crippen LogP contribution in [0.5, 0.6) is 11.5 Å². The van der Waals surface area contributed by atoms with E-state index in [1.165, 1.54) is 28.4 Å². The lowest BCUT2D eigenvalue weighted by atomic mass is 9.95. The third kappa shape index (κ3) is 3.96. The van der Waals surface area contributed by atoms with E-state index in [1.54, 1.807) is 23.1 Å². The van der Waals surface area contributed by atoms with Crippen molar-refractivity contribution in [1.82, 2.24) is 14.2 Å². The molecule has 3 aromatic rings. The van der Waals surface area contributed by atoms with Gasteiger partial charge < -0.3 is 19.4 Å². The van der Waals surface area contributed by atoms with Crippen LogP contribution in [-0.4, -0.2) is 67.9 Å². The van der Waals surface area contributed by atoms with Crippen LogP contribution in [0.4, 0.5) is 0 Å². The van der Waals surface area contributed by atoms with Crippen molar-refractivity contribution in [2.75, 3.05) is 39.4 Å². The molecule has 9 heteroatoms. The summed E-state index contributed by atoms with van der Waals surface area (Å²) in [6, 6.07) is 10.7. The number of hydrogen-bond acceptors (Lipinski definition) is 5. The van der Waals surface area contributed by atoms with Gasteiger partial charge in [-0.3, -0.25) is 4.79 Å². The van der Waals surface area contributed by atoms with Gasteiger partial charge >= 0.3 is 0 Å². The Balaban J connectivity index is 1.19. The van der Waals surface area contributed by atoms with Crippen molar-refractivity contribution in [2.45, 2.75) is 37.0 Å². The first kappa shape index (κ1) is 22.4. The Labute approximate surface area is 204 Å². The summed E-state index contributed by atoms with van der Waals surface area (Å²) in [4.78, 5) is 18.9. The zero-order chi connectivity index (χ0) is 24.0. The Kier molecular flexibility index (Phi) is 5.69. The van der Waals surface area contributed by atoms with Gasteiger partial charge in [0.15, 0.2) is 11.5 Å². The lowest BCUT2D eigenvalue weighted by Gasteiger charge is -2.34. The van der Waals surface area contributed by atoms with Gasteiger partial charge in [-0.05, 0) is 49.4 Å². The number of aromatic nitrogens is 1. The summed E-state index contributed by atoms with van der Waals surface area (Å²) in [6.07, 6.45) is 5.17. The van der Waals surface area contributed by atoms with Gasteiger partial charge in [-0.25, -0.2) is 8.42 Å². The second-order valence-corrected chi connectivity index (χ2v) is 11.3. The number of hydrogen-bond donors (Lipinski definition) is 1. The molecule has 0 saturated carbocycles. The van der Waals surface area contributed by atoms with Gasteiger partial charge in [-0.15, -0.1) is 0 Å². The Morgan fingerprint density at radius 2 is 1.66 bits per heavy atom. The molecular formula is C26H29N3O5S. The van der Waals surface area contributed by atoms with Crippen LogP contribution in [0.15, 0.2) is 41.3 Å². The fourth-order valence-corrected chi connectivity index (χ4v) is 6.80. The number of nitrogens with zero attached hydrogens (tertiary/aromatic N) is 2. The van der Waals surface area contributed by atoms with E-state index in [-0.39, 0.29) is 23.9 Å². The van der Waals surface area contributed by atoms with Gasteiger partial charge in [0.25, 0.3) is 5.91 Å². The number of sulfonamides is 1. The number of aromatic amines is 1. The first-order chi connectivity index (χ1) is 17.0. The molecule has 1 fully saturated rings. The SMILES string of the molecule is O=C(c1cccc2c3c([nH]c12)CCCC3)N1CCN(S(=O)(=O)c2ccc3c(c2)OCCCO3)CC1. The van der Waals surface area contributed by atoms with Crippen molar-refractivity contribution >= 4 is 26.8 Å². The molecule has 3 heterocycles. The molecule has 1 aromatic heterocycles. The van der Waals surface area contributed by atoms with E-state index in [0.29, 0.717) is 43.4 Å². The van der Waals surface area contributed by atoms with Crippen LogP contribution in [0.3, 0.4) is 0 Å². The van der Waals surface area contributed by atoms with Gasteiger partial charge in [0.2, 0.25) is 10.0 Å². The Morgan fingerprint density at radius 1 is 0.886 bits per heavy atom. The van der Waals surface area contributed by atoms with E-state index < -0.39 is 10.0 Å². The Bertz CT molecular complexity index is 1390. The molecule has 3 aliphatic rings. The average molecular weight is 496 g/mol. The number of H-pyrrole nitrogens is 1. The van der Waals surface area contributed by atoms with E-state index in [0.717, 1.165) is 30.2 Å². The number of benzene rings is 2. The molecular weight excluding hydrogens is 466 g/mol. The number of aryl methyl sites for hydroxylation is 2. The molecule has 0 spiro atoms. The number of piperazine rings is 1. The summed E-state index contributed by atoms with van der Waals surface area (Å²) in [5.41, 5.74) is 4.16. The summed E-state index contributed by atoms with van der Waals surface area (Å²) >= 11 is 0. The molecule has 1 saturated heterocycles. The summed E-state index contributed by atoms with van der Waals surface area (Å²) < 4.78 is 39.4. The molecule has 1 amide bonds. The molecule has 184 valence electrons. The summed E-state index contributed by atoms with van der Waals surface area (Å²) in [7, 11) is -3.70. The standard InChI is InChI=1S/C26H29N3O5S/c30-26(21-7-3-6-20-19-5-1-2-8-22(19)27-25(20)21)28-11-13-29(14-12-28)35(31,32)18-9-10-23-24(17-18)34-16-4-15-33-23/h3,6-7,9-10,17,27H,1-2,4-5,8,11-16H2. The minimum Gasteiger partial charge on any atom is -0.490 e. The predicted molar refractivity (Wildman–Crippen MR) is 132 cm³/mol. The number of carbonyl (C=O) groups is 1. The topological polar surface area (TPSA) is 91.9 Å². The monoisotopic (exact) mass is 495 g/mol. The van der Waals surface area contributed by atoms with Gasteiger partial charge in [-0.2, -0.15) is 4.31 Å². The first-order valence-corrected chi connectivity index (χ1v) is 13.8. The van der Waals surface area contributed by atoms with Gasteiger partial charge in [0.1, 0.15) is 0 Å². The highest BCUT2D eigenvalue weighted by Crippen LogP contribution is 2.34. The summed E-state index contributed by atoms with van der Waals surface area (Å²) in [5, 5.41) is 1.14. The van der Waals surface area contributed by atoms with Crippen LogP contribution >= 0.6 is 0 Å². The van der Waals surface area contributed by atoms with Gasteiger partial charge in [0.05, 0.1) is 29.2 Å². The number of amides is 1. The quantitative estimate of drug-likeness (QED) is 0.602. The van der Waals surface area contributed by atoms with E-state index in [4.69, 9.17) is 9.47 Å². The number of ether oxygens (including phenoxy) is 2. The number of fused-ring (bicyclic) bond motifs is 4. The molecule has 6 rings (SSSR count). The zero-order valence-corrected chi connectivity index (χ0v) is 20.4. The lowest BCUT2D eigenvalue weighted by molar-refractivity contribution is 0.0699. The number of rotatable bonds is 3. The maximum absolute atomic E-state index is 13.5. The molecule has 8 nitrogen and oxygen atoms in total. The highest BCUT2D eigenvalue weighted by molar-refractivity contribution is 7.89. The normalized spacial score (nSPS) is 18.8. The van der Waals surface area contributed by atoms with Crippen LogP contribution in [0.2, 0.25) is 0 Å².